The van der Waals surface area contributed by atoms with Crippen LogP contribution in [0.4, 0.5) is 17.1 Å². The summed E-state index contributed by atoms with van der Waals surface area (Å²) in [6.45, 7) is 0. The summed E-state index contributed by atoms with van der Waals surface area (Å²) in [4.78, 5) is 27.7. The molecule has 0 N–H and O–H groups in total. The summed E-state index contributed by atoms with van der Waals surface area (Å²) in [5, 5.41) is 2.01. The number of benzene rings is 4. The SMILES string of the molecule is c1ccc2c(c1)Oc1ccccc1N2c1ccc2c(-c3ncncn3)cc(-c3ncncn3)cc2c1. The maximum atomic E-state index is 6.18. The van der Waals surface area contributed by atoms with Crippen LogP contribution in [0, 0.1) is 0 Å². The first kappa shape index (κ1) is 20.2. The van der Waals surface area contributed by atoms with Gasteiger partial charge >= 0.3 is 0 Å². The summed E-state index contributed by atoms with van der Waals surface area (Å²) in [6.07, 6.45) is 5.99. The summed E-state index contributed by atoms with van der Waals surface area (Å²) < 4.78 is 6.18. The molecule has 0 radical (unpaired) electrons. The second-order valence-corrected chi connectivity index (χ2v) is 8.23. The number of fused-ring (bicyclic) bond motifs is 3. The molecule has 7 rings (SSSR count). The van der Waals surface area contributed by atoms with Crippen LogP contribution in [-0.4, -0.2) is 29.9 Å². The minimum absolute atomic E-state index is 0.578. The van der Waals surface area contributed by atoms with E-state index < -0.39 is 0 Å². The first-order valence-electron chi connectivity index (χ1n) is 11.3. The molecule has 0 bridgehead atoms. The van der Waals surface area contributed by atoms with E-state index in [0.29, 0.717) is 11.6 Å². The van der Waals surface area contributed by atoms with E-state index >= 15 is 0 Å². The number of rotatable bonds is 3. The highest BCUT2D eigenvalue weighted by Gasteiger charge is 2.25. The first-order valence-corrected chi connectivity index (χ1v) is 11.3. The lowest BCUT2D eigenvalue weighted by atomic mass is 9.98. The predicted octanol–water partition coefficient (Wildman–Crippen LogP) is 6.12. The van der Waals surface area contributed by atoms with Crippen LogP contribution in [0.5, 0.6) is 11.5 Å². The van der Waals surface area contributed by atoms with Crippen molar-refractivity contribution >= 4 is 27.8 Å². The fourth-order valence-electron chi connectivity index (χ4n) is 4.56. The minimum Gasteiger partial charge on any atom is -0.453 e. The topological polar surface area (TPSA) is 89.8 Å². The average molecular weight is 467 g/mol. The van der Waals surface area contributed by atoms with E-state index in [4.69, 9.17) is 4.74 Å². The number of para-hydroxylation sites is 4. The molecule has 6 aromatic rings. The maximum Gasteiger partial charge on any atom is 0.163 e. The molecule has 0 saturated heterocycles. The highest BCUT2D eigenvalue weighted by molar-refractivity contribution is 6.01. The molecule has 170 valence electrons. The Bertz CT molecular complexity index is 1680. The lowest BCUT2D eigenvalue weighted by Gasteiger charge is -2.33. The van der Waals surface area contributed by atoms with E-state index in [1.165, 1.54) is 25.3 Å². The van der Waals surface area contributed by atoms with Crippen LogP contribution in [-0.2, 0) is 0 Å². The van der Waals surface area contributed by atoms with Crippen LogP contribution in [0.25, 0.3) is 33.5 Å². The maximum absolute atomic E-state index is 6.18. The number of nitrogens with zero attached hydrogens (tertiary/aromatic N) is 7. The third kappa shape index (κ3) is 3.32. The summed E-state index contributed by atoms with van der Waals surface area (Å²) in [6, 6.07) is 26.5. The van der Waals surface area contributed by atoms with Crippen molar-refractivity contribution in [3.63, 3.8) is 0 Å². The molecular weight excluding hydrogens is 450 g/mol. The Morgan fingerprint density at radius 3 is 1.86 bits per heavy atom. The Morgan fingerprint density at radius 2 is 1.19 bits per heavy atom. The Hall–Kier alpha value is -5.24. The van der Waals surface area contributed by atoms with Crippen molar-refractivity contribution in [2.24, 2.45) is 0 Å². The van der Waals surface area contributed by atoms with E-state index in [-0.39, 0.29) is 0 Å². The summed E-state index contributed by atoms with van der Waals surface area (Å²) in [5.41, 5.74) is 4.67. The van der Waals surface area contributed by atoms with E-state index in [1.807, 2.05) is 42.5 Å². The van der Waals surface area contributed by atoms with Crippen LogP contribution in [0.15, 0.2) is 104 Å². The van der Waals surface area contributed by atoms with Gasteiger partial charge in [-0.3, -0.25) is 0 Å². The van der Waals surface area contributed by atoms with Gasteiger partial charge in [0.1, 0.15) is 25.3 Å². The van der Waals surface area contributed by atoms with Crippen molar-refractivity contribution < 1.29 is 4.74 Å². The first-order chi connectivity index (χ1) is 17.8. The van der Waals surface area contributed by atoms with Crippen molar-refractivity contribution in [1.82, 2.24) is 29.9 Å². The zero-order valence-electron chi connectivity index (χ0n) is 18.9. The van der Waals surface area contributed by atoms with E-state index in [1.54, 1.807) is 0 Å². The molecule has 0 saturated carbocycles. The molecule has 0 unspecified atom stereocenters. The van der Waals surface area contributed by atoms with Crippen LogP contribution < -0.4 is 9.64 Å². The molecule has 3 heterocycles. The molecule has 2 aromatic heterocycles. The smallest absolute Gasteiger partial charge is 0.163 e. The molecule has 1 aliphatic rings. The third-order valence-corrected chi connectivity index (χ3v) is 6.11. The summed E-state index contributed by atoms with van der Waals surface area (Å²) in [5.74, 6) is 2.78. The lowest BCUT2D eigenvalue weighted by Crippen LogP contribution is -2.15. The highest BCUT2D eigenvalue weighted by Crippen LogP contribution is 2.50. The highest BCUT2D eigenvalue weighted by atomic mass is 16.5. The van der Waals surface area contributed by atoms with Crippen molar-refractivity contribution in [1.29, 1.82) is 0 Å². The van der Waals surface area contributed by atoms with Crippen molar-refractivity contribution in [2.75, 3.05) is 4.90 Å². The van der Waals surface area contributed by atoms with Gasteiger partial charge in [-0.25, -0.2) is 29.9 Å². The monoisotopic (exact) mass is 467 g/mol. The van der Waals surface area contributed by atoms with Gasteiger partial charge < -0.3 is 9.64 Å². The molecule has 8 heteroatoms. The fraction of sp³-hybridized carbons (Fsp3) is 0. The Kier molecular flexibility index (Phi) is 4.60. The largest absolute Gasteiger partial charge is 0.453 e. The van der Waals surface area contributed by atoms with Gasteiger partial charge in [0.25, 0.3) is 0 Å². The number of aromatic nitrogens is 6. The van der Waals surface area contributed by atoms with Gasteiger partial charge in [-0.1, -0.05) is 30.3 Å². The number of ether oxygens (including phenoxy) is 1. The van der Waals surface area contributed by atoms with E-state index in [0.717, 1.165) is 50.5 Å². The zero-order chi connectivity index (χ0) is 23.9. The standard InChI is InChI=1S/C28H17N7O/c1-3-7-25-23(5-1)35(24-6-2-4-8-26(24)36-25)20-9-10-21-18(12-20)11-19(27-31-14-29-15-32-27)13-22(21)28-33-16-30-17-34-28/h1-17H. The van der Waals surface area contributed by atoms with E-state index in [2.05, 4.69) is 71.2 Å². The molecular formula is C28H17N7O. The quantitative estimate of drug-likeness (QED) is 0.307. The zero-order valence-corrected chi connectivity index (χ0v) is 18.9. The molecule has 4 aromatic carbocycles. The van der Waals surface area contributed by atoms with Crippen molar-refractivity contribution in [3.05, 3.63) is 104 Å². The van der Waals surface area contributed by atoms with Gasteiger partial charge in [0, 0.05) is 16.8 Å². The van der Waals surface area contributed by atoms with Gasteiger partial charge in [-0.15, -0.1) is 0 Å². The van der Waals surface area contributed by atoms with Crippen LogP contribution in [0.1, 0.15) is 0 Å². The Labute approximate surface area is 206 Å². The molecule has 0 spiro atoms. The molecule has 1 aliphatic heterocycles. The Balaban J connectivity index is 1.47. The lowest BCUT2D eigenvalue weighted by molar-refractivity contribution is 0.477. The molecule has 0 aliphatic carbocycles. The van der Waals surface area contributed by atoms with Crippen molar-refractivity contribution in [2.45, 2.75) is 0 Å². The predicted molar refractivity (Wildman–Crippen MR) is 136 cm³/mol. The number of hydrogen-bond acceptors (Lipinski definition) is 8. The van der Waals surface area contributed by atoms with E-state index in [9.17, 15) is 0 Å². The van der Waals surface area contributed by atoms with Crippen LogP contribution in [0.2, 0.25) is 0 Å². The summed E-state index contributed by atoms with van der Waals surface area (Å²) in [7, 11) is 0. The molecule has 8 nitrogen and oxygen atoms in total. The van der Waals surface area contributed by atoms with Gasteiger partial charge in [0.2, 0.25) is 0 Å². The van der Waals surface area contributed by atoms with Crippen LogP contribution in [0.3, 0.4) is 0 Å². The normalized spacial score (nSPS) is 12.1. The number of anilines is 3. The minimum atomic E-state index is 0.578. The molecule has 0 atom stereocenters. The molecule has 0 amide bonds. The summed E-state index contributed by atoms with van der Waals surface area (Å²) >= 11 is 0. The third-order valence-electron chi connectivity index (χ3n) is 6.11. The second-order valence-electron chi connectivity index (χ2n) is 8.23. The van der Waals surface area contributed by atoms with Gasteiger partial charge in [-0.2, -0.15) is 0 Å². The van der Waals surface area contributed by atoms with Crippen LogP contribution >= 0.6 is 0 Å². The van der Waals surface area contributed by atoms with Crippen molar-refractivity contribution in [3.8, 4) is 34.3 Å². The average Bonchev–Trinajstić information content (AvgIpc) is 2.96. The fourth-order valence-corrected chi connectivity index (χ4v) is 4.56. The van der Waals surface area contributed by atoms with Gasteiger partial charge in [0.05, 0.1) is 11.4 Å². The van der Waals surface area contributed by atoms with Gasteiger partial charge in [-0.05, 0) is 59.3 Å². The second kappa shape index (κ2) is 8.21. The Morgan fingerprint density at radius 1 is 0.583 bits per heavy atom. The van der Waals surface area contributed by atoms with Gasteiger partial charge in [0.15, 0.2) is 23.1 Å². The molecule has 36 heavy (non-hydrogen) atoms. The molecule has 0 fully saturated rings. The number of hydrogen-bond donors (Lipinski definition) is 0.